The second kappa shape index (κ2) is 7.60. The maximum Gasteiger partial charge on any atom is 0.221 e. The molecule has 1 amide bonds. The Kier molecular flexibility index (Phi) is 6.07. The van der Waals surface area contributed by atoms with E-state index in [1.165, 1.54) is 0 Å². The fourth-order valence-corrected chi connectivity index (χ4v) is 1.48. The first-order valence-electron chi connectivity index (χ1n) is 6.09. The van der Waals surface area contributed by atoms with E-state index in [4.69, 9.17) is 0 Å². The summed E-state index contributed by atoms with van der Waals surface area (Å²) in [6, 6.07) is 0. The van der Waals surface area contributed by atoms with Crippen LogP contribution in [0.3, 0.4) is 0 Å². The summed E-state index contributed by atoms with van der Waals surface area (Å²) in [5.74, 6) is 0.838. The molecule has 2 N–H and O–H groups in total. The predicted octanol–water partition coefficient (Wildman–Crippen LogP) is 0.476. The lowest BCUT2D eigenvalue weighted by atomic mass is 10.3. The molecule has 1 rings (SSSR count). The van der Waals surface area contributed by atoms with Crippen LogP contribution in [0.15, 0.2) is 12.4 Å². The highest BCUT2D eigenvalue weighted by atomic mass is 16.1. The normalized spacial score (nSPS) is 10.4. The monoisotopic (exact) mass is 251 g/mol. The lowest BCUT2D eigenvalue weighted by molar-refractivity contribution is -0.120. The van der Waals surface area contributed by atoms with Gasteiger partial charge < -0.3 is 10.6 Å². The molecule has 100 valence electrons. The molecule has 6 heteroatoms. The van der Waals surface area contributed by atoms with E-state index in [0.29, 0.717) is 19.5 Å². The van der Waals surface area contributed by atoms with E-state index in [-0.39, 0.29) is 5.91 Å². The van der Waals surface area contributed by atoms with Crippen LogP contribution in [0.25, 0.3) is 0 Å². The van der Waals surface area contributed by atoms with Crippen molar-refractivity contribution in [1.82, 2.24) is 20.2 Å². The van der Waals surface area contributed by atoms with Gasteiger partial charge in [-0.15, -0.1) is 0 Å². The van der Waals surface area contributed by atoms with E-state index in [1.807, 2.05) is 18.9 Å². The first-order valence-corrected chi connectivity index (χ1v) is 6.09. The average Bonchev–Trinajstić information content (AvgIpc) is 2.38. The molecule has 6 nitrogen and oxygen atoms in total. The van der Waals surface area contributed by atoms with Crippen LogP contribution in [-0.4, -0.2) is 48.0 Å². The molecular formula is C12H21N5O. The lowest BCUT2D eigenvalue weighted by Gasteiger charge is -2.15. The van der Waals surface area contributed by atoms with Gasteiger partial charge in [-0.1, -0.05) is 0 Å². The fourth-order valence-electron chi connectivity index (χ4n) is 1.48. The first-order chi connectivity index (χ1) is 8.65. The van der Waals surface area contributed by atoms with Crippen molar-refractivity contribution in [1.29, 1.82) is 0 Å². The van der Waals surface area contributed by atoms with Crippen LogP contribution in [0, 0.1) is 0 Å². The standard InChI is InChI=1S/C12H21N5O/c1-4-14-11-8-15-10(7-16-11)9-17(3)6-5-12(18)13-2/h7-8H,4-6,9H2,1-3H3,(H,13,18)(H,14,16). The van der Waals surface area contributed by atoms with Crippen LogP contribution in [0.5, 0.6) is 0 Å². The van der Waals surface area contributed by atoms with Crippen molar-refractivity contribution >= 4 is 11.7 Å². The Morgan fingerprint density at radius 3 is 2.72 bits per heavy atom. The summed E-state index contributed by atoms with van der Waals surface area (Å²) in [7, 11) is 3.61. The molecule has 18 heavy (non-hydrogen) atoms. The van der Waals surface area contributed by atoms with Crippen molar-refractivity contribution in [3.05, 3.63) is 18.1 Å². The van der Waals surface area contributed by atoms with Gasteiger partial charge in [-0.05, 0) is 14.0 Å². The van der Waals surface area contributed by atoms with Crippen LogP contribution < -0.4 is 10.6 Å². The molecule has 0 aliphatic carbocycles. The third-order valence-electron chi connectivity index (χ3n) is 2.49. The number of hydrogen-bond acceptors (Lipinski definition) is 5. The highest BCUT2D eigenvalue weighted by Crippen LogP contribution is 2.03. The molecule has 1 heterocycles. The van der Waals surface area contributed by atoms with Crippen molar-refractivity contribution in [2.24, 2.45) is 0 Å². The van der Waals surface area contributed by atoms with Gasteiger partial charge in [0.25, 0.3) is 0 Å². The molecule has 0 aromatic carbocycles. The van der Waals surface area contributed by atoms with Crippen LogP contribution >= 0.6 is 0 Å². The number of rotatable bonds is 7. The molecule has 0 aliphatic heterocycles. The summed E-state index contributed by atoms with van der Waals surface area (Å²) in [6.07, 6.45) is 3.98. The van der Waals surface area contributed by atoms with Gasteiger partial charge in [0.1, 0.15) is 5.82 Å². The highest BCUT2D eigenvalue weighted by Gasteiger charge is 2.05. The molecule has 0 saturated heterocycles. The minimum atomic E-state index is 0.0513. The number of hydrogen-bond donors (Lipinski definition) is 2. The van der Waals surface area contributed by atoms with Crippen molar-refractivity contribution in [3.8, 4) is 0 Å². The second-order valence-corrected chi connectivity index (χ2v) is 4.08. The van der Waals surface area contributed by atoms with Crippen molar-refractivity contribution in [2.75, 3.05) is 32.5 Å². The highest BCUT2D eigenvalue weighted by molar-refractivity contribution is 5.75. The van der Waals surface area contributed by atoms with Gasteiger partial charge >= 0.3 is 0 Å². The Morgan fingerprint density at radius 1 is 1.39 bits per heavy atom. The minimum absolute atomic E-state index is 0.0513. The Labute approximate surface area is 108 Å². The SMILES string of the molecule is CCNc1cnc(CN(C)CCC(=O)NC)cn1. The van der Waals surface area contributed by atoms with Crippen LogP contribution in [0.1, 0.15) is 19.0 Å². The maximum atomic E-state index is 11.1. The molecule has 0 unspecified atom stereocenters. The quantitative estimate of drug-likeness (QED) is 0.737. The second-order valence-electron chi connectivity index (χ2n) is 4.08. The number of nitrogens with one attached hydrogen (secondary N) is 2. The number of nitrogens with zero attached hydrogens (tertiary/aromatic N) is 3. The van der Waals surface area contributed by atoms with E-state index >= 15 is 0 Å². The number of anilines is 1. The van der Waals surface area contributed by atoms with Gasteiger partial charge in [0.15, 0.2) is 0 Å². The zero-order valence-electron chi connectivity index (χ0n) is 11.2. The van der Waals surface area contributed by atoms with Crippen LogP contribution in [-0.2, 0) is 11.3 Å². The zero-order chi connectivity index (χ0) is 13.4. The molecule has 0 radical (unpaired) electrons. The molecule has 0 fully saturated rings. The van der Waals surface area contributed by atoms with E-state index in [0.717, 1.165) is 18.1 Å². The molecule has 0 saturated carbocycles. The van der Waals surface area contributed by atoms with Gasteiger partial charge in [0.2, 0.25) is 5.91 Å². The van der Waals surface area contributed by atoms with Crippen molar-refractivity contribution in [2.45, 2.75) is 19.9 Å². The first kappa shape index (κ1) is 14.4. The van der Waals surface area contributed by atoms with Crippen LogP contribution in [0.2, 0.25) is 0 Å². The number of carbonyl (C=O) groups excluding carboxylic acids is 1. The molecule has 0 bridgehead atoms. The summed E-state index contributed by atoms with van der Waals surface area (Å²) < 4.78 is 0. The van der Waals surface area contributed by atoms with Gasteiger partial charge in [-0.25, -0.2) is 4.98 Å². The molecular weight excluding hydrogens is 230 g/mol. The van der Waals surface area contributed by atoms with Gasteiger partial charge in [-0.2, -0.15) is 0 Å². The van der Waals surface area contributed by atoms with Gasteiger partial charge in [0.05, 0.1) is 18.1 Å². The van der Waals surface area contributed by atoms with E-state index in [9.17, 15) is 4.79 Å². The Hall–Kier alpha value is -1.69. The molecule has 0 aliphatic rings. The van der Waals surface area contributed by atoms with Gasteiger partial charge in [-0.3, -0.25) is 14.7 Å². The predicted molar refractivity (Wildman–Crippen MR) is 71.2 cm³/mol. The van der Waals surface area contributed by atoms with Crippen molar-refractivity contribution in [3.63, 3.8) is 0 Å². The number of aromatic nitrogens is 2. The smallest absolute Gasteiger partial charge is 0.221 e. The van der Waals surface area contributed by atoms with Gasteiger partial charge in [0, 0.05) is 33.1 Å². The number of carbonyl (C=O) groups is 1. The summed E-state index contributed by atoms with van der Waals surface area (Å²) in [5, 5.41) is 5.70. The van der Waals surface area contributed by atoms with Crippen molar-refractivity contribution < 1.29 is 4.79 Å². The summed E-state index contributed by atoms with van der Waals surface area (Å²) in [6.45, 7) is 4.24. The third-order valence-corrected chi connectivity index (χ3v) is 2.49. The summed E-state index contributed by atoms with van der Waals surface area (Å²) in [5.41, 5.74) is 0.899. The Morgan fingerprint density at radius 2 is 2.17 bits per heavy atom. The molecule has 0 atom stereocenters. The molecule has 1 aromatic rings. The molecule has 1 aromatic heterocycles. The molecule has 0 spiro atoms. The largest absolute Gasteiger partial charge is 0.369 e. The zero-order valence-corrected chi connectivity index (χ0v) is 11.2. The minimum Gasteiger partial charge on any atom is -0.369 e. The Bertz CT molecular complexity index is 365. The average molecular weight is 251 g/mol. The Balaban J connectivity index is 2.39. The fraction of sp³-hybridized carbons (Fsp3) is 0.583. The summed E-state index contributed by atoms with van der Waals surface area (Å²) in [4.78, 5) is 21.7. The van der Waals surface area contributed by atoms with E-state index in [2.05, 4.69) is 20.6 Å². The lowest BCUT2D eigenvalue weighted by Crippen LogP contribution is -2.26. The topological polar surface area (TPSA) is 70.2 Å². The van der Waals surface area contributed by atoms with E-state index < -0.39 is 0 Å². The maximum absolute atomic E-state index is 11.1. The summed E-state index contributed by atoms with van der Waals surface area (Å²) >= 11 is 0. The third kappa shape index (κ3) is 5.09. The number of amides is 1. The van der Waals surface area contributed by atoms with E-state index in [1.54, 1.807) is 19.4 Å². The van der Waals surface area contributed by atoms with Crippen LogP contribution in [0.4, 0.5) is 5.82 Å².